The summed E-state index contributed by atoms with van der Waals surface area (Å²) in [4.78, 5) is 0. The molecule has 2 nitrogen and oxygen atoms in total. The first kappa shape index (κ1) is 12.4. The molecule has 0 aliphatic heterocycles. The standard InChI is InChI=1S/C15H22O2/c1-15(2,3)11-6-4-7-12(10-11)17-14-9-5-8-13(14)16/h4,6-7,10,13-14,16H,5,8-9H2,1-3H3/t13-,14-/m0/s1. The lowest BCUT2D eigenvalue weighted by Gasteiger charge is -2.22. The lowest BCUT2D eigenvalue weighted by Crippen LogP contribution is -2.25. The van der Waals surface area contributed by atoms with Gasteiger partial charge in [-0.25, -0.2) is 0 Å². The quantitative estimate of drug-likeness (QED) is 0.851. The van der Waals surface area contributed by atoms with Crippen LogP contribution >= 0.6 is 0 Å². The number of hydrogen-bond acceptors (Lipinski definition) is 2. The summed E-state index contributed by atoms with van der Waals surface area (Å²) in [6, 6.07) is 8.21. The molecular weight excluding hydrogens is 212 g/mol. The van der Waals surface area contributed by atoms with Gasteiger partial charge in [-0.3, -0.25) is 0 Å². The van der Waals surface area contributed by atoms with Crippen molar-refractivity contribution in [3.63, 3.8) is 0 Å². The molecule has 0 amide bonds. The van der Waals surface area contributed by atoms with Crippen molar-refractivity contribution in [2.24, 2.45) is 0 Å². The summed E-state index contributed by atoms with van der Waals surface area (Å²) in [5, 5.41) is 9.75. The van der Waals surface area contributed by atoms with Gasteiger partial charge in [-0.15, -0.1) is 0 Å². The van der Waals surface area contributed by atoms with Gasteiger partial charge in [0.2, 0.25) is 0 Å². The van der Waals surface area contributed by atoms with Crippen LogP contribution in [-0.2, 0) is 5.41 Å². The molecule has 0 aromatic heterocycles. The van der Waals surface area contributed by atoms with Gasteiger partial charge in [-0.05, 0) is 42.4 Å². The third-order valence-electron chi connectivity index (χ3n) is 3.41. The van der Waals surface area contributed by atoms with E-state index in [9.17, 15) is 5.11 Å². The molecule has 2 heteroatoms. The van der Waals surface area contributed by atoms with Gasteiger partial charge in [0.15, 0.2) is 0 Å². The molecule has 2 atom stereocenters. The Balaban J connectivity index is 2.11. The van der Waals surface area contributed by atoms with Gasteiger partial charge < -0.3 is 9.84 Å². The molecule has 1 N–H and O–H groups in total. The van der Waals surface area contributed by atoms with Crippen LogP contribution in [0.4, 0.5) is 0 Å². The molecule has 1 aromatic rings. The third kappa shape index (κ3) is 3.01. The largest absolute Gasteiger partial charge is 0.488 e. The van der Waals surface area contributed by atoms with E-state index in [2.05, 4.69) is 32.9 Å². The van der Waals surface area contributed by atoms with Crippen LogP contribution < -0.4 is 4.74 Å². The average molecular weight is 234 g/mol. The highest BCUT2D eigenvalue weighted by molar-refractivity contribution is 5.32. The van der Waals surface area contributed by atoms with Gasteiger partial charge in [0.1, 0.15) is 11.9 Å². The van der Waals surface area contributed by atoms with Gasteiger partial charge in [0.05, 0.1) is 6.10 Å². The zero-order chi connectivity index (χ0) is 12.5. The maximum absolute atomic E-state index is 9.75. The van der Waals surface area contributed by atoms with Crippen molar-refractivity contribution >= 4 is 0 Å². The zero-order valence-corrected chi connectivity index (χ0v) is 10.9. The molecule has 1 aromatic carbocycles. The Morgan fingerprint density at radius 3 is 2.59 bits per heavy atom. The Kier molecular flexibility index (Phi) is 3.43. The molecule has 1 aliphatic carbocycles. The second kappa shape index (κ2) is 4.69. The van der Waals surface area contributed by atoms with E-state index in [4.69, 9.17) is 4.74 Å². The lowest BCUT2D eigenvalue weighted by molar-refractivity contribution is 0.0603. The van der Waals surface area contributed by atoms with Crippen LogP contribution in [0.25, 0.3) is 0 Å². The normalized spacial score (nSPS) is 24.9. The molecule has 0 spiro atoms. The van der Waals surface area contributed by atoms with Crippen molar-refractivity contribution in [1.82, 2.24) is 0 Å². The minimum atomic E-state index is -0.298. The first-order valence-electron chi connectivity index (χ1n) is 6.42. The monoisotopic (exact) mass is 234 g/mol. The Hall–Kier alpha value is -1.02. The van der Waals surface area contributed by atoms with Gasteiger partial charge in [0.25, 0.3) is 0 Å². The first-order valence-corrected chi connectivity index (χ1v) is 6.42. The number of benzene rings is 1. The molecule has 17 heavy (non-hydrogen) atoms. The third-order valence-corrected chi connectivity index (χ3v) is 3.41. The summed E-state index contributed by atoms with van der Waals surface area (Å²) >= 11 is 0. The van der Waals surface area contributed by atoms with Crippen LogP contribution in [-0.4, -0.2) is 17.3 Å². The second-order valence-corrected chi connectivity index (χ2v) is 5.93. The van der Waals surface area contributed by atoms with Crippen molar-refractivity contribution < 1.29 is 9.84 Å². The number of hydrogen-bond donors (Lipinski definition) is 1. The van der Waals surface area contributed by atoms with Gasteiger partial charge in [0, 0.05) is 0 Å². The molecule has 1 saturated carbocycles. The second-order valence-electron chi connectivity index (χ2n) is 5.93. The summed E-state index contributed by atoms with van der Waals surface area (Å²) in [6.45, 7) is 6.57. The van der Waals surface area contributed by atoms with E-state index in [-0.39, 0.29) is 17.6 Å². The minimum Gasteiger partial charge on any atom is -0.488 e. The molecule has 0 saturated heterocycles. The fraction of sp³-hybridized carbons (Fsp3) is 0.600. The molecule has 2 rings (SSSR count). The summed E-state index contributed by atoms with van der Waals surface area (Å²) in [5.41, 5.74) is 1.40. The fourth-order valence-electron chi connectivity index (χ4n) is 2.25. The first-order chi connectivity index (χ1) is 7.97. The summed E-state index contributed by atoms with van der Waals surface area (Å²) in [7, 11) is 0. The molecular formula is C15H22O2. The molecule has 0 radical (unpaired) electrons. The van der Waals surface area contributed by atoms with Gasteiger partial charge in [-0.1, -0.05) is 32.9 Å². The molecule has 0 unspecified atom stereocenters. The topological polar surface area (TPSA) is 29.5 Å². The van der Waals surface area contributed by atoms with E-state index in [0.29, 0.717) is 0 Å². The number of aliphatic hydroxyl groups is 1. The lowest BCUT2D eigenvalue weighted by atomic mass is 9.87. The van der Waals surface area contributed by atoms with Crippen LogP contribution in [0, 0.1) is 0 Å². The highest BCUT2D eigenvalue weighted by atomic mass is 16.5. The molecule has 94 valence electrons. The predicted octanol–water partition coefficient (Wildman–Crippen LogP) is 3.28. The smallest absolute Gasteiger partial charge is 0.124 e. The van der Waals surface area contributed by atoms with E-state index in [1.807, 2.05) is 12.1 Å². The van der Waals surface area contributed by atoms with E-state index >= 15 is 0 Å². The van der Waals surface area contributed by atoms with Gasteiger partial charge >= 0.3 is 0 Å². The molecule has 1 fully saturated rings. The zero-order valence-electron chi connectivity index (χ0n) is 10.9. The summed E-state index contributed by atoms with van der Waals surface area (Å²) < 4.78 is 5.87. The molecule has 0 heterocycles. The van der Waals surface area contributed by atoms with Crippen LogP contribution in [0.15, 0.2) is 24.3 Å². The van der Waals surface area contributed by atoms with Crippen LogP contribution in [0.3, 0.4) is 0 Å². The van der Waals surface area contributed by atoms with Crippen LogP contribution in [0.2, 0.25) is 0 Å². The predicted molar refractivity (Wildman–Crippen MR) is 69.4 cm³/mol. The van der Waals surface area contributed by atoms with Gasteiger partial charge in [-0.2, -0.15) is 0 Å². The summed E-state index contributed by atoms with van der Waals surface area (Å²) in [5.74, 6) is 0.878. The van der Waals surface area contributed by atoms with Crippen LogP contribution in [0.5, 0.6) is 5.75 Å². The number of ether oxygens (including phenoxy) is 1. The number of aliphatic hydroxyl groups excluding tert-OH is 1. The SMILES string of the molecule is CC(C)(C)c1cccc(O[C@H]2CCC[C@@H]2O)c1. The Morgan fingerprint density at radius 1 is 1.24 bits per heavy atom. The summed E-state index contributed by atoms with van der Waals surface area (Å²) in [6.07, 6.45) is 2.56. The maximum Gasteiger partial charge on any atom is 0.124 e. The van der Waals surface area contributed by atoms with Crippen molar-refractivity contribution in [3.05, 3.63) is 29.8 Å². The average Bonchev–Trinajstić information content (AvgIpc) is 2.64. The maximum atomic E-state index is 9.75. The van der Waals surface area contributed by atoms with E-state index < -0.39 is 0 Å². The molecule has 1 aliphatic rings. The van der Waals surface area contributed by atoms with E-state index in [1.54, 1.807) is 0 Å². The fourth-order valence-corrected chi connectivity index (χ4v) is 2.25. The van der Waals surface area contributed by atoms with E-state index in [1.165, 1.54) is 5.56 Å². The Bertz CT molecular complexity index is 379. The van der Waals surface area contributed by atoms with Crippen molar-refractivity contribution in [2.45, 2.75) is 57.7 Å². The van der Waals surface area contributed by atoms with Crippen molar-refractivity contribution in [1.29, 1.82) is 0 Å². The van der Waals surface area contributed by atoms with Crippen molar-refractivity contribution in [2.75, 3.05) is 0 Å². The Labute approximate surface area is 104 Å². The number of rotatable bonds is 2. The van der Waals surface area contributed by atoms with Crippen LogP contribution in [0.1, 0.15) is 45.6 Å². The highest BCUT2D eigenvalue weighted by Crippen LogP contribution is 2.28. The molecule has 0 bridgehead atoms. The van der Waals surface area contributed by atoms with Crippen molar-refractivity contribution in [3.8, 4) is 5.75 Å². The minimum absolute atomic E-state index is 0.0229. The highest BCUT2D eigenvalue weighted by Gasteiger charge is 2.27. The van der Waals surface area contributed by atoms with E-state index in [0.717, 1.165) is 25.0 Å². The Morgan fingerprint density at radius 2 is 2.00 bits per heavy atom.